The van der Waals surface area contributed by atoms with Crippen LogP contribution in [0, 0.1) is 0 Å². The summed E-state index contributed by atoms with van der Waals surface area (Å²) in [6.07, 6.45) is 2.37. The van der Waals surface area contributed by atoms with Crippen LogP contribution in [0.25, 0.3) is 0 Å². The highest BCUT2D eigenvalue weighted by atomic mass is 32.2. The van der Waals surface area contributed by atoms with Crippen LogP contribution in [-0.4, -0.2) is 61.8 Å². The molecule has 11 heteroatoms. The second kappa shape index (κ2) is 10.5. The van der Waals surface area contributed by atoms with Crippen LogP contribution in [0.2, 0.25) is 0 Å². The molecule has 168 valence electrons. The SMILES string of the molecule is COc1ccc(OC)c(/C=N\NC(=O)CN(c2ccc(OC)cc2OC)S(C)(=O)=O)c1. The third-order valence-electron chi connectivity index (χ3n) is 4.17. The van der Waals surface area contributed by atoms with Crippen LogP contribution in [0.4, 0.5) is 5.69 Å². The highest BCUT2D eigenvalue weighted by Crippen LogP contribution is 2.33. The molecule has 0 aliphatic heterocycles. The molecule has 2 aromatic rings. The van der Waals surface area contributed by atoms with Crippen molar-refractivity contribution in [2.45, 2.75) is 0 Å². The first-order valence-electron chi connectivity index (χ1n) is 8.97. The molecule has 0 bridgehead atoms. The van der Waals surface area contributed by atoms with Crippen molar-refractivity contribution in [3.05, 3.63) is 42.0 Å². The Bertz CT molecular complexity index is 1050. The first-order valence-corrected chi connectivity index (χ1v) is 10.8. The summed E-state index contributed by atoms with van der Waals surface area (Å²) >= 11 is 0. The second-order valence-electron chi connectivity index (χ2n) is 6.21. The maximum absolute atomic E-state index is 12.4. The van der Waals surface area contributed by atoms with E-state index in [0.29, 0.717) is 22.8 Å². The van der Waals surface area contributed by atoms with Crippen molar-refractivity contribution >= 4 is 27.8 Å². The molecule has 10 nitrogen and oxygen atoms in total. The van der Waals surface area contributed by atoms with E-state index in [-0.39, 0.29) is 11.4 Å². The molecule has 1 amide bonds. The maximum atomic E-state index is 12.4. The number of ether oxygens (including phenoxy) is 4. The summed E-state index contributed by atoms with van der Waals surface area (Å²) in [6, 6.07) is 9.69. The zero-order chi connectivity index (χ0) is 23.0. The Hall–Kier alpha value is -3.47. The number of hydrogen-bond acceptors (Lipinski definition) is 8. The van der Waals surface area contributed by atoms with Gasteiger partial charge in [-0.3, -0.25) is 9.10 Å². The van der Waals surface area contributed by atoms with Crippen LogP contribution < -0.4 is 28.7 Å². The van der Waals surface area contributed by atoms with E-state index < -0.39 is 22.5 Å². The van der Waals surface area contributed by atoms with Crippen LogP contribution >= 0.6 is 0 Å². The van der Waals surface area contributed by atoms with Gasteiger partial charge in [0.15, 0.2) is 0 Å². The van der Waals surface area contributed by atoms with Gasteiger partial charge < -0.3 is 18.9 Å². The zero-order valence-electron chi connectivity index (χ0n) is 17.9. The standard InChI is InChI=1S/C20H25N3O7S/c1-27-15-7-9-18(29-3)14(10-15)12-21-22-20(24)13-23(31(5,25)26)17-8-6-16(28-2)11-19(17)30-4/h6-12H,13H2,1-5H3,(H,22,24)/b21-12-. The number of hydrazone groups is 1. The van der Waals surface area contributed by atoms with Gasteiger partial charge in [-0.25, -0.2) is 13.8 Å². The molecule has 0 unspecified atom stereocenters. The lowest BCUT2D eigenvalue weighted by molar-refractivity contribution is -0.119. The van der Waals surface area contributed by atoms with Crippen LogP contribution in [0.3, 0.4) is 0 Å². The Morgan fingerprint density at radius 2 is 1.58 bits per heavy atom. The number of carbonyl (C=O) groups is 1. The quantitative estimate of drug-likeness (QED) is 0.431. The first kappa shape index (κ1) is 23.8. The number of benzene rings is 2. The van der Waals surface area contributed by atoms with Crippen molar-refractivity contribution in [1.29, 1.82) is 0 Å². The lowest BCUT2D eigenvalue weighted by atomic mass is 10.2. The fourth-order valence-corrected chi connectivity index (χ4v) is 3.51. The van der Waals surface area contributed by atoms with E-state index in [1.807, 2.05) is 0 Å². The molecule has 2 rings (SSSR count). The van der Waals surface area contributed by atoms with E-state index in [1.54, 1.807) is 24.3 Å². The summed E-state index contributed by atoms with van der Waals surface area (Å²) in [5.74, 6) is 1.18. The molecule has 31 heavy (non-hydrogen) atoms. The normalized spacial score (nSPS) is 11.1. The van der Waals surface area contributed by atoms with Gasteiger partial charge in [0.1, 0.15) is 29.5 Å². The Morgan fingerprint density at radius 3 is 2.16 bits per heavy atom. The number of amides is 1. The number of nitrogens with one attached hydrogen (secondary N) is 1. The van der Waals surface area contributed by atoms with Gasteiger partial charge in [0.25, 0.3) is 5.91 Å². The molecule has 0 fully saturated rings. The minimum atomic E-state index is -3.80. The number of rotatable bonds is 10. The average molecular weight is 452 g/mol. The summed E-state index contributed by atoms with van der Waals surface area (Å²) in [4.78, 5) is 12.4. The molecule has 0 aromatic heterocycles. The van der Waals surface area contributed by atoms with Crippen LogP contribution in [0.1, 0.15) is 5.56 Å². The molecule has 0 atom stereocenters. The van der Waals surface area contributed by atoms with Gasteiger partial charge in [0.05, 0.1) is 46.6 Å². The number of hydrogen-bond donors (Lipinski definition) is 1. The van der Waals surface area contributed by atoms with Gasteiger partial charge in [-0.1, -0.05) is 0 Å². The zero-order valence-corrected chi connectivity index (χ0v) is 18.7. The third kappa shape index (κ3) is 6.25. The molecule has 0 spiro atoms. The molecule has 1 N–H and O–H groups in total. The first-order chi connectivity index (χ1) is 14.7. The molecule has 0 saturated carbocycles. The van der Waals surface area contributed by atoms with Crippen molar-refractivity contribution < 1.29 is 32.2 Å². The molecular formula is C20H25N3O7S. The lowest BCUT2D eigenvalue weighted by Crippen LogP contribution is -2.39. The van der Waals surface area contributed by atoms with Crippen molar-refractivity contribution in [2.24, 2.45) is 5.10 Å². The number of sulfonamides is 1. The van der Waals surface area contributed by atoms with Gasteiger partial charge in [0, 0.05) is 11.6 Å². The molecule has 0 aliphatic rings. The van der Waals surface area contributed by atoms with Crippen molar-refractivity contribution in [2.75, 3.05) is 45.5 Å². The van der Waals surface area contributed by atoms with Gasteiger partial charge in [0.2, 0.25) is 10.0 Å². The molecule has 0 radical (unpaired) electrons. The smallest absolute Gasteiger partial charge is 0.260 e. The average Bonchev–Trinajstić information content (AvgIpc) is 2.76. The summed E-state index contributed by atoms with van der Waals surface area (Å²) < 4.78 is 46.4. The molecule has 0 heterocycles. The number of methoxy groups -OCH3 is 4. The fourth-order valence-electron chi connectivity index (χ4n) is 2.65. The highest BCUT2D eigenvalue weighted by Gasteiger charge is 2.24. The Morgan fingerprint density at radius 1 is 0.968 bits per heavy atom. The van der Waals surface area contributed by atoms with E-state index in [4.69, 9.17) is 18.9 Å². The molecule has 0 aliphatic carbocycles. The number of anilines is 1. The predicted molar refractivity (Wildman–Crippen MR) is 117 cm³/mol. The summed E-state index contributed by atoms with van der Waals surface area (Å²) in [5, 5.41) is 3.89. The van der Waals surface area contributed by atoms with Gasteiger partial charge in [-0.15, -0.1) is 0 Å². The van der Waals surface area contributed by atoms with E-state index in [1.165, 1.54) is 46.8 Å². The monoisotopic (exact) mass is 451 g/mol. The molecule has 2 aromatic carbocycles. The highest BCUT2D eigenvalue weighted by molar-refractivity contribution is 7.92. The van der Waals surface area contributed by atoms with Crippen molar-refractivity contribution in [3.8, 4) is 23.0 Å². The Balaban J connectivity index is 2.21. The second-order valence-corrected chi connectivity index (χ2v) is 8.12. The van der Waals surface area contributed by atoms with Crippen LogP contribution in [-0.2, 0) is 14.8 Å². The number of nitrogens with zero attached hydrogens (tertiary/aromatic N) is 2. The van der Waals surface area contributed by atoms with Crippen LogP contribution in [0.5, 0.6) is 23.0 Å². The Labute approximate surface area is 181 Å². The van der Waals surface area contributed by atoms with Crippen LogP contribution in [0.15, 0.2) is 41.5 Å². The predicted octanol–water partition coefficient (Wildman–Crippen LogP) is 1.64. The van der Waals surface area contributed by atoms with E-state index in [9.17, 15) is 13.2 Å². The van der Waals surface area contributed by atoms with E-state index in [2.05, 4.69) is 10.5 Å². The topological polar surface area (TPSA) is 116 Å². The Kier molecular flexibility index (Phi) is 8.08. The third-order valence-corrected chi connectivity index (χ3v) is 5.30. The minimum absolute atomic E-state index is 0.194. The lowest BCUT2D eigenvalue weighted by Gasteiger charge is -2.23. The largest absolute Gasteiger partial charge is 0.497 e. The summed E-state index contributed by atoms with van der Waals surface area (Å²) in [5.41, 5.74) is 3.08. The molecule has 0 saturated heterocycles. The van der Waals surface area contributed by atoms with Gasteiger partial charge in [-0.2, -0.15) is 5.10 Å². The van der Waals surface area contributed by atoms with Gasteiger partial charge >= 0.3 is 0 Å². The van der Waals surface area contributed by atoms with E-state index >= 15 is 0 Å². The minimum Gasteiger partial charge on any atom is -0.497 e. The molecular weight excluding hydrogens is 426 g/mol. The van der Waals surface area contributed by atoms with E-state index in [0.717, 1.165) is 10.6 Å². The maximum Gasteiger partial charge on any atom is 0.260 e. The summed E-state index contributed by atoms with van der Waals surface area (Å²) in [6.45, 7) is -0.506. The number of carbonyl (C=O) groups excluding carboxylic acids is 1. The van der Waals surface area contributed by atoms with Crippen molar-refractivity contribution in [3.63, 3.8) is 0 Å². The van der Waals surface area contributed by atoms with Crippen molar-refractivity contribution in [1.82, 2.24) is 5.43 Å². The summed E-state index contributed by atoms with van der Waals surface area (Å²) in [7, 11) is 2.10. The van der Waals surface area contributed by atoms with Gasteiger partial charge in [-0.05, 0) is 30.3 Å². The fraction of sp³-hybridized carbons (Fsp3) is 0.300.